The number of amides is 1. The number of nitrogens with one attached hydrogen (secondary N) is 1. The number of azo groups is 1. The fourth-order valence-electron chi connectivity index (χ4n) is 2.96. The number of carbonyl (C=O) groups is 1. The SMILES string of the molecule is Cc1c(C(=O)N=Nc2c(O)[nH]c3c(C)cccc23)oc2ccccc12. The van der Waals surface area contributed by atoms with Gasteiger partial charge in [0.25, 0.3) is 0 Å². The first-order valence-corrected chi connectivity index (χ1v) is 7.80. The van der Waals surface area contributed by atoms with Crippen molar-refractivity contribution >= 4 is 33.5 Å². The van der Waals surface area contributed by atoms with E-state index in [0.29, 0.717) is 11.0 Å². The van der Waals surface area contributed by atoms with E-state index >= 15 is 0 Å². The van der Waals surface area contributed by atoms with Crippen LogP contribution in [0.2, 0.25) is 0 Å². The largest absolute Gasteiger partial charge is 0.493 e. The first kappa shape index (κ1) is 15.1. The lowest BCUT2D eigenvalue weighted by atomic mass is 10.1. The maximum absolute atomic E-state index is 12.4. The van der Waals surface area contributed by atoms with E-state index in [4.69, 9.17) is 4.42 Å². The molecule has 0 radical (unpaired) electrons. The smallest absolute Gasteiger partial charge is 0.331 e. The molecule has 2 aromatic carbocycles. The Kier molecular flexibility index (Phi) is 3.39. The van der Waals surface area contributed by atoms with Gasteiger partial charge in [-0.2, -0.15) is 0 Å². The lowest BCUT2D eigenvalue weighted by molar-refractivity contribution is 0.0970. The average Bonchev–Trinajstić information content (AvgIpc) is 3.11. The minimum atomic E-state index is -0.588. The number of benzene rings is 2. The van der Waals surface area contributed by atoms with Gasteiger partial charge in [-0.1, -0.05) is 36.4 Å². The van der Waals surface area contributed by atoms with E-state index in [-0.39, 0.29) is 17.3 Å². The molecule has 124 valence electrons. The molecule has 0 aliphatic heterocycles. The second kappa shape index (κ2) is 5.59. The molecule has 1 amide bonds. The second-order valence-corrected chi connectivity index (χ2v) is 5.88. The Labute approximate surface area is 142 Å². The number of aromatic hydroxyl groups is 1. The third-order valence-electron chi connectivity index (χ3n) is 4.27. The number of aromatic amines is 1. The number of aromatic nitrogens is 1. The Balaban J connectivity index is 1.74. The van der Waals surface area contributed by atoms with Crippen LogP contribution in [0.15, 0.2) is 57.1 Å². The minimum Gasteiger partial charge on any atom is -0.493 e. The van der Waals surface area contributed by atoms with Crippen LogP contribution in [0.25, 0.3) is 21.9 Å². The van der Waals surface area contributed by atoms with Gasteiger partial charge in [0.1, 0.15) is 5.58 Å². The first-order chi connectivity index (χ1) is 12.1. The zero-order valence-corrected chi connectivity index (χ0v) is 13.7. The van der Waals surface area contributed by atoms with Crippen molar-refractivity contribution in [3.05, 3.63) is 59.4 Å². The molecule has 0 atom stereocenters. The molecule has 4 aromatic rings. The molecule has 6 heteroatoms. The Hall–Kier alpha value is -3.41. The van der Waals surface area contributed by atoms with Crippen LogP contribution in [0, 0.1) is 13.8 Å². The third-order valence-corrected chi connectivity index (χ3v) is 4.27. The van der Waals surface area contributed by atoms with Crippen molar-refractivity contribution in [2.75, 3.05) is 0 Å². The van der Waals surface area contributed by atoms with Crippen molar-refractivity contribution in [3.8, 4) is 5.88 Å². The topological polar surface area (TPSA) is 91.0 Å². The maximum Gasteiger partial charge on any atom is 0.331 e. The second-order valence-electron chi connectivity index (χ2n) is 5.88. The highest BCUT2D eigenvalue weighted by molar-refractivity contribution is 6.00. The molecule has 25 heavy (non-hydrogen) atoms. The van der Waals surface area contributed by atoms with E-state index in [9.17, 15) is 9.90 Å². The molecular weight excluding hydrogens is 318 g/mol. The summed E-state index contributed by atoms with van der Waals surface area (Å²) in [5, 5.41) is 19.3. The molecule has 0 saturated heterocycles. The summed E-state index contributed by atoms with van der Waals surface area (Å²) in [7, 11) is 0. The zero-order valence-electron chi connectivity index (χ0n) is 13.7. The molecule has 2 heterocycles. The zero-order chi connectivity index (χ0) is 17.6. The summed E-state index contributed by atoms with van der Waals surface area (Å²) in [6.45, 7) is 3.73. The molecular formula is C19H15N3O3. The van der Waals surface area contributed by atoms with Crippen LogP contribution in [-0.2, 0) is 0 Å². The molecule has 2 aromatic heterocycles. The molecule has 0 bridgehead atoms. The van der Waals surface area contributed by atoms with E-state index in [1.807, 2.05) is 43.3 Å². The number of hydrogen-bond donors (Lipinski definition) is 2. The fourth-order valence-corrected chi connectivity index (χ4v) is 2.96. The van der Waals surface area contributed by atoms with Gasteiger partial charge in [-0.3, -0.25) is 4.79 Å². The van der Waals surface area contributed by atoms with Crippen molar-refractivity contribution < 1.29 is 14.3 Å². The van der Waals surface area contributed by atoms with Gasteiger partial charge in [0.05, 0.1) is 5.52 Å². The highest BCUT2D eigenvalue weighted by Gasteiger charge is 2.18. The number of aryl methyl sites for hydroxylation is 2. The molecule has 0 aliphatic rings. The Morgan fingerprint density at radius 3 is 2.64 bits per heavy atom. The van der Waals surface area contributed by atoms with Crippen molar-refractivity contribution in [3.63, 3.8) is 0 Å². The van der Waals surface area contributed by atoms with Gasteiger partial charge < -0.3 is 14.5 Å². The van der Waals surface area contributed by atoms with Gasteiger partial charge in [-0.25, -0.2) is 0 Å². The summed E-state index contributed by atoms with van der Waals surface area (Å²) in [5.41, 5.74) is 3.32. The molecule has 4 rings (SSSR count). The maximum atomic E-state index is 12.4. The lowest BCUT2D eigenvalue weighted by Crippen LogP contribution is -1.93. The van der Waals surface area contributed by atoms with Crippen molar-refractivity contribution in [2.45, 2.75) is 13.8 Å². The Morgan fingerprint density at radius 1 is 1.08 bits per heavy atom. The number of fused-ring (bicyclic) bond motifs is 2. The van der Waals surface area contributed by atoms with E-state index in [2.05, 4.69) is 15.2 Å². The van der Waals surface area contributed by atoms with E-state index < -0.39 is 5.91 Å². The number of carbonyl (C=O) groups excluding carboxylic acids is 1. The van der Waals surface area contributed by atoms with Gasteiger partial charge in [-0.05, 0) is 25.5 Å². The molecule has 0 unspecified atom stereocenters. The Bertz CT molecular complexity index is 1150. The molecule has 0 spiro atoms. The summed E-state index contributed by atoms with van der Waals surface area (Å²) >= 11 is 0. The Morgan fingerprint density at radius 2 is 1.84 bits per heavy atom. The van der Waals surface area contributed by atoms with Gasteiger partial charge in [0, 0.05) is 16.3 Å². The van der Waals surface area contributed by atoms with Gasteiger partial charge in [-0.15, -0.1) is 10.2 Å². The van der Waals surface area contributed by atoms with Crippen LogP contribution in [0.5, 0.6) is 5.88 Å². The van der Waals surface area contributed by atoms with Crippen LogP contribution in [-0.4, -0.2) is 16.0 Å². The predicted molar refractivity (Wildman–Crippen MR) is 94.5 cm³/mol. The molecule has 2 N–H and O–H groups in total. The lowest BCUT2D eigenvalue weighted by Gasteiger charge is -1.94. The van der Waals surface area contributed by atoms with Crippen LogP contribution < -0.4 is 0 Å². The number of furan rings is 1. The summed E-state index contributed by atoms with van der Waals surface area (Å²) in [5.74, 6) is -0.558. The highest BCUT2D eigenvalue weighted by Crippen LogP contribution is 2.37. The number of rotatable bonds is 2. The van der Waals surface area contributed by atoms with Crippen molar-refractivity contribution in [1.82, 2.24) is 4.98 Å². The van der Waals surface area contributed by atoms with Gasteiger partial charge in [0.15, 0.2) is 11.4 Å². The van der Waals surface area contributed by atoms with Crippen molar-refractivity contribution in [1.29, 1.82) is 0 Å². The highest BCUT2D eigenvalue weighted by atomic mass is 16.3. The number of para-hydroxylation sites is 2. The standard InChI is InChI=1S/C19H15N3O3/c1-10-6-5-8-13-15(10)20-18(23)16(13)21-22-19(24)17-11(2)12-7-3-4-9-14(12)25-17/h3-9,20,23H,1-2H3. The monoisotopic (exact) mass is 333 g/mol. The van der Waals surface area contributed by atoms with Crippen molar-refractivity contribution in [2.24, 2.45) is 10.2 Å². The van der Waals surface area contributed by atoms with Crippen LogP contribution in [0.4, 0.5) is 5.69 Å². The predicted octanol–water partition coefficient (Wildman–Crippen LogP) is 5.16. The van der Waals surface area contributed by atoms with Crippen LogP contribution in [0.1, 0.15) is 21.7 Å². The fraction of sp³-hybridized carbons (Fsp3) is 0.105. The van der Waals surface area contributed by atoms with E-state index in [0.717, 1.165) is 22.0 Å². The quantitative estimate of drug-likeness (QED) is 0.496. The molecule has 0 saturated carbocycles. The minimum absolute atomic E-state index is 0.123. The summed E-state index contributed by atoms with van der Waals surface area (Å²) < 4.78 is 5.59. The molecule has 6 nitrogen and oxygen atoms in total. The summed E-state index contributed by atoms with van der Waals surface area (Å²) in [6.07, 6.45) is 0. The number of nitrogens with zero attached hydrogens (tertiary/aromatic N) is 2. The first-order valence-electron chi connectivity index (χ1n) is 7.80. The average molecular weight is 333 g/mol. The van der Waals surface area contributed by atoms with E-state index in [1.165, 1.54) is 0 Å². The van der Waals surface area contributed by atoms with E-state index in [1.54, 1.807) is 13.0 Å². The summed E-state index contributed by atoms with van der Waals surface area (Å²) in [6, 6.07) is 13.0. The van der Waals surface area contributed by atoms with Crippen LogP contribution in [0.3, 0.4) is 0 Å². The van der Waals surface area contributed by atoms with Crippen LogP contribution >= 0.6 is 0 Å². The third kappa shape index (κ3) is 2.39. The molecule has 0 aliphatic carbocycles. The molecule has 0 fully saturated rings. The summed E-state index contributed by atoms with van der Waals surface area (Å²) in [4.78, 5) is 15.3. The normalized spacial score (nSPS) is 11.8. The number of hydrogen-bond acceptors (Lipinski definition) is 4. The van der Waals surface area contributed by atoms with Gasteiger partial charge in [0.2, 0.25) is 5.88 Å². The number of H-pyrrole nitrogens is 1. The van der Waals surface area contributed by atoms with Gasteiger partial charge >= 0.3 is 5.91 Å².